The molecule has 78 valence electrons. The summed E-state index contributed by atoms with van der Waals surface area (Å²) >= 11 is 0. The van der Waals surface area contributed by atoms with Crippen LogP contribution in [0.25, 0.3) is 0 Å². The fourth-order valence-electron chi connectivity index (χ4n) is 2.15. The molecular weight excluding hydrogens is 174 g/mol. The summed E-state index contributed by atoms with van der Waals surface area (Å²) < 4.78 is 1.96. The van der Waals surface area contributed by atoms with Crippen molar-refractivity contribution in [3.8, 4) is 0 Å². The Morgan fingerprint density at radius 3 is 3.00 bits per heavy atom. The van der Waals surface area contributed by atoms with Gasteiger partial charge in [-0.2, -0.15) is 5.10 Å². The van der Waals surface area contributed by atoms with Crippen LogP contribution in [0, 0.1) is 6.92 Å². The third-order valence-electron chi connectivity index (χ3n) is 3.21. The molecule has 0 aliphatic carbocycles. The summed E-state index contributed by atoms with van der Waals surface area (Å²) in [4.78, 5) is 0. The summed E-state index contributed by atoms with van der Waals surface area (Å²) in [6, 6.07) is 0.534. The Morgan fingerprint density at radius 2 is 2.29 bits per heavy atom. The van der Waals surface area contributed by atoms with Crippen molar-refractivity contribution < 1.29 is 0 Å². The van der Waals surface area contributed by atoms with Gasteiger partial charge in [0.25, 0.3) is 0 Å². The SMILES string of the molecule is Cc1c(C2CCCCCN2)cnn1C. The molecule has 0 bridgehead atoms. The lowest BCUT2D eigenvalue weighted by Crippen LogP contribution is -2.20. The van der Waals surface area contributed by atoms with Gasteiger partial charge in [0.05, 0.1) is 6.20 Å². The number of hydrogen-bond acceptors (Lipinski definition) is 2. The number of nitrogens with one attached hydrogen (secondary N) is 1. The van der Waals surface area contributed by atoms with Crippen molar-refractivity contribution in [2.24, 2.45) is 7.05 Å². The van der Waals surface area contributed by atoms with Crippen molar-refractivity contribution in [1.29, 1.82) is 0 Å². The summed E-state index contributed by atoms with van der Waals surface area (Å²) in [5, 5.41) is 7.90. The lowest BCUT2D eigenvalue weighted by atomic mass is 10.0. The summed E-state index contributed by atoms with van der Waals surface area (Å²) in [6.07, 6.45) is 7.29. The van der Waals surface area contributed by atoms with Crippen LogP contribution in [-0.2, 0) is 7.05 Å². The van der Waals surface area contributed by atoms with E-state index in [9.17, 15) is 0 Å². The van der Waals surface area contributed by atoms with Crippen molar-refractivity contribution in [1.82, 2.24) is 15.1 Å². The van der Waals surface area contributed by atoms with E-state index in [0.717, 1.165) is 6.54 Å². The fourth-order valence-corrected chi connectivity index (χ4v) is 2.15. The van der Waals surface area contributed by atoms with Crippen molar-refractivity contribution in [3.63, 3.8) is 0 Å². The van der Waals surface area contributed by atoms with Crippen LogP contribution < -0.4 is 5.32 Å². The number of aromatic nitrogens is 2. The Hall–Kier alpha value is -0.830. The Bertz CT molecular complexity index is 295. The van der Waals surface area contributed by atoms with E-state index in [2.05, 4.69) is 17.3 Å². The van der Waals surface area contributed by atoms with Gasteiger partial charge in [0.15, 0.2) is 0 Å². The third kappa shape index (κ3) is 1.82. The van der Waals surface area contributed by atoms with Crippen LogP contribution in [0.2, 0.25) is 0 Å². The van der Waals surface area contributed by atoms with Crippen molar-refractivity contribution >= 4 is 0 Å². The van der Waals surface area contributed by atoms with E-state index in [1.807, 2.05) is 17.9 Å². The molecule has 14 heavy (non-hydrogen) atoms. The zero-order chi connectivity index (χ0) is 9.97. The van der Waals surface area contributed by atoms with Gasteiger partial charge in [-0.05, 0) is 26.3 Å². The van der Waals surface area contributed by atoms with Crippen LogP contribution >= 0.6 is 0 Å². The predicted molar refractivity (Wildman–Crippen MR) is 57.2 cm³/mol. The first kappa shape index (κ1) is 9.71. The molecule has 1 N–H and O–H groups in total. The van der Waals surface area contributed by atoms with Gasteiger partial charge in [-0.1, -0.05) is 12.8 Å². The monoisotopic (exact) mass is 193 g/mol. The van der Waals surface area contributed by atoms with E-state index >= 15 is 0 Å². The Labute approximate surface area is 85.5 Å². The molecule has 1 atom stereocenters. The van der Waals surface area contributed by atoms with E-state index in [-0.39, 0.29) is 0 Å². The standard InChI is InChI=1S/C11H19N3/c1-9-10(8-13-14(9)2)11-6-4-3-5-7-12-11/h8,11-12H,3-7H2,1-2H3. The van der Waals surface area contributed by atoms with Gasteiger partial charge in [-0.15, -0.1) is 0 Å². The van der Waals surface area contributed by atoms with Crippen LogP contribution in [0.1, 0.15) is 43.0 Å². The van der Waals surface area contributed by atoms with Gasteiger partial charge in [-0.3, -0.25) is 4.68 Å². The minimum Gasteiger partial charge on any atom is -0.310 e. The molecule has 1 aromatic rings. The van der Waals surface area contributed by atoms with Gasteiger partial charge in [0.1, 0.15) is 0 Å². The highest BCUT2D eigenvalue weighted by molar-refractivity contribution is 5.20. The number of aryl methyl sites for hydroxylation is 1. The second-order valence-corrected chi connectivity index (χ2v) is 4.16. The van der Waals surface area contributed by atoms with Crippen LogP contribution in [-0.4, -0.2) is 16.3 Å². The molecule has 3 nitrogen and oxygen atoms in total. The van der Waals surface area contributed by atoms with E-state index in [1.165, 1.54) is 36.9 Å². The van der Waals surface area contributed by atoms with Gasteiger partial charge in [0, 0.05) is 24.3 Å². The van der Waals surface area contributed by atoms with E-state index in [4.69, 9.17) is 0 Å². The van der Waals surface area contributed by atoms with Crippen molar-refractivity contribution in [2.45, 2.75) is 38.6 Å². The zero-order valence-electron chi connectivity index (χ0n) is 9.08. The van der Waals surface area contributed by atoms with E-state index in [1.54, 1.807) is 0 Å². The Kier molecular flexibility index (Phi) is 2.87. The maximum atomic E-state index is 4.30. The van der Waals surface area contributed by atoms with Gasteiger partial charge >= 0.3 is 0 Å². The van der Waals surface area contributed by atoms with Gasteiger partial charge in [0.2, 0.25) is 0 Å². The molecule has 3 heteroatoms. The number of rotatable bonds is 1. The molecular formula is C11H19N3. The van der Waals surface area contributed by atoms with Crippen molar-refractivity contribution in [2.75, 3.05) is 6.54 Å². The minimum atomic E-state index is 0.534. The first-order valence-corrected chi connectivity index (χ1v) is 5.51. The topological polar surface area (TPSA) is 29.9 Å². The summed E-state index contributed by atoms with van der Waals surface area (Å²) in [6.45, 7) is 3.30. The number of nitrogens with zero attached hydrogens (tertiary/aromatic N) is 2. The molecule has 1 aliphatic heterocycles. The van der Waals surface area contributed by atoms with Crippen LogP contribution in [0.5, 0.6) is 0 Å². The lowest BCUT2D eigenvalue weighted by molar-refractivity contribution is 0.531. The van der Waals surface area contributed by atoms with Crippen LogP contribution in [0.3, 0.4) is 0 Å². The average Bonchev–Trinajstić information content (AvgIpc) is 2.47. The molecule has 0 aromatic carbocycles. The highest BCUT2D eigenvalue weighted by Crippen LogP contribution is 2.24. The maximum absolute atomic E-state index is 4.30. The van der Waals surface area contributed by atoms with Crippen LogP contribution in [0.15, 0.2) is 6.20 Å². The minimum absolute atomic E-state index is 0.534. The molecule has 2 rings (SSSR count). The average molecular weight is 193 g/mol. The second kappa shape index (κ2) is 4.13. The molecule has 1 aromatic heterocycles. The summed E-state index contributed by atoms with van der Waals surface area (Å²) in [5.41, 5.74) is 2.68. The molecule has 0 spiro atoms. The molecule has 1 aliphatic rings. The van der Waals surface area contributed by atoms with Crippen LogP contribution in [0.4, 0.5) is 0 Å². The van der Waals surface area contributed by atoms with E-state index in [0.29, 0.717) is 6.04 Å². The quantitative estimate of drug-likeness (QED) is 0.738. The molecule has 0 saturated carbocycles. The fraction of sp³-hybridized carbons (Fsp3) is 0.727. The van der Waals surface area contributed by atoms with Gasteiger partial charge in [-0.25, -0.2) is 0 Å². The molecule has 1 saturated heterocycles. The Balaban J connectivity index is 2.16. The van der Waals surface area contributed by atoms with Gasteiger partial charge < -0.3 is 5.32 Å². The maximum Gasteiger partial charge on any atom is 0.0540 e. The second-order valence-electron chi connectivity index (χ2n) is 4.16. The highest BCUT2D eigenvalue weighted by Gasteiger charge is 2.17. The summed E-state index contributed by atoms with van der Waals surface area (Å²) in [7, 11) is 2.01. The molecule has 1 unspecified atom stereocenters. The first-order chi connectivity index (χ1) is 6.79. The van der Waals surface area contributed by atoms with Crippen molar-refractivity contribution in [3.05, 3.63) is 17.5 Å². The smallest absolute Gasteiger partial charge is 0.0540 e. The van der Waals surface area contributed by atoms with E-state index < -0.39 is 0 Å². The predicted octanol–water partition coefficient (Wildman–Crippen LogP) is 1.93. The largest absolute Gasteiger partial charge is 0.310 e. The molecule has 1 fully saturated rings. The Morgan fingerprint density at radius 1 is 1.43 bits per heavy atom. The molecule has 0 radical (unpaired) electrons. The first-order valence-electron chi connectivity index (χ1n) is 5.51. The summed E-state index contributed by atoms with van der Waals surface area (Å²) in [5.74, 6) is 0. The lowest BCUT2D eigenvalue weighted by Gasteiger charge is -2.15. The zero-order valence-corrected chi connectivity index (χ0v) is 9.08. The molecule has 2 heterocycles. The third-order valence-corrected chi connectivity index (χ3v) is 3.21. The normalized spacial score (nSPS) is 23.4. The highest BCUT2D eigenvalue weighted by atomic mass is 15.3. The molecule has 0 amide bonds. The number of hydrogen-bond donors (Lipinski definition) is 1.